The third kappa shape index (κ3) is 5.32. The number of para-hydroxylation sites is 1. The van der Waals surface area contributed by atoms with Gasteiger partial charge in [0, 0.05) is 4.88 Å². The molecule has 6 heteroatoms. The summed E-state index contributed by atoms with van der Waals surface area (Å²) in [5.41, 5.74) is 1.37. The Bertz CT molecular complexity index is 783. The van der Waals surface area contributed by atoms with Crippen LogP contribution in [0, 0.1) is 6.92 Å². The first-order valence-corrected chi connectivity index (χ1v) is 10.0. The minimum atomic E-state index is -0.645. The fourth-order valence-electron chi connectivity index (χ4n) is 2.76. The van der Waals surface area contributed by atoms with Crippen LogP contribution < -0.4 is 10.1 Å². The van der Waals surface area contributed by atoms with E-state index >= 15 is 0 Å². The number of anilines is 1. The summed E-state index contributed by atoms with van der Waals surface area (Å²) in [5, 5.41) is 3.41. The monoisotopic (exact) mass is 389 g/mol. The molecule has 0 radical (unpaired) electrons. The summed E-state index contributed by atoms with van der Waals surface area (Å²) in [4.78, 5) is 26.4. The highest BCUT2D eigenvalue weighted by Gasteiger charge is 2.27. The quantitative estimate of drug-likeness (QED) is 0.647. The van der Waals surface area contributed by atoms with Crippen molar-refractivity contribution in [2.24, 2.45) is 0 Å². The fraction of sp³-hybridized carbons (Fsp3) is 0.429. The van der Waals surface area contributed by atoms with Gasteiger partial charge in [0.15, 0.2) is 6.10 Å². The molecule has 0 saturated carbocycles. The summed E-state index contributed by atoms with van der Waals surface area (Å²) in [6.45, 7) is 9.44. The molecule has 2 aromatic rings. The Labute approximate surface area is 164 Å². The number of rotatable bonds is 8. The molecule has 146 valence electrons. The summed E-state index contributed by atoms with van der Waals surface area (Å²) in [6, 6.07) is 9.23. The lowest BCUT2D eigenvalue weighted by Crippen LogP contribution is -2.32. The normalized spacial score (nSPS) is 11.9. The van der Waals surface area contributed by atoms with Gasteiger partial charge in [-0.3, -0.25) is 4.79 Å². The van der Waals surface area contributed by atoms with Gasteiger partial charge in [0.2, 0.25) is 0 Å². The fourth-order valence-corrected chi connectivity index (χ4v) is 3.90. The Kier molecular flexibility index (Phi) is 7.42. The van der Waals surface area contributed by atoms with Crippen molar-refractivity contribution in [3.05, 3.63) is 46.3 Å². The lowest BCUT2D eigenvalue weighted by atomic mass is 10.1. The second-order valence-corrected chi connectivity index (χ2v) is 7.69. The van der Waals surface area contributed by atoms with Crippen molar-refractivity contribution in [3.8, 4) is 5.75 Å². The Hall–Kier alpha value is -2.34. The number of carbonyl (C=O) groups is 2. The van der Waals surface area contributed by atoms with Gasteiger partial charge in [-0.15, -0.1) is 11.3 Å². The van der Waals surface area contributed by atoms with Crippen LogP contribution in [-0.2, 0) is 16.0 Å². The van der Waals surface area contributed by atoms with E-state index in [4.69, 9.17) is 9.47 Å². The number of nitrogens with one attached hydrogen (secondary N) is 1. The van der Waals surface area contributed by atoms with E-state index in [1.807, 2.05) is 65.0 Å². The van der Waals surface area contributed by atoms with Crippen molar-refractivity contribution in [2.75, 3.05) is 5.32 Å². The molecule has 2 rings (SSSR count). The molecular formula is C21H27NO4S. The van der Waals surface area contributed by atoms with Crippen LogP contribution in [0.25, 0.3) is 0 Å². The first-order valence-electron chi connectivity index (χ1n) is 9.23. The second kappa shape index (κ2) is 9.55. The van der Waals surface area contributed by atoms with Gasteiger partial charge in [-0.05, 0) is 51.3 Å². The summed E-state index contributed by atoms with van der Waals surface area (Å²) in [7, 11) is 0. The number of ether oxygens (including phenoxy) is 2. The Morgan fingerprint density at radius 1 is 1.15 bits per heavy atom. The zero-order chi connectivity index (χ0) is 20.0. The van der Waals surface area contributed by atoms with E-state index in [1.165, 1.54) is 11.3 Å². The van der Waals surface area contributed by atoms with Crippen molar-refractivity contribution in [1.29, 1.82) is 0 Å². The molecule has 0 bridgehead atoms. The van der Waals surface area contributed by atoms with Gasteiger partial charge in [0.25, 0.3) is 5.91 Å². The van der Waals surface area contributed by atoms with Gasteiger partial charge < -0.3 is 14.8 Å². The summed E-state index contributed by atoms with van der Waals surface area (Å²) < 4.78 is 11.2. The second-order valence-electron chi connectivity index (χ2n) is 6.47. The maximum absolute atomic E-state index is 12.8. The average Bonchev–Trinajstić information content (AvgIpc) is 2.94. The third-order valence-electron chi connectivity index (χ3n) is 4.03. The van der Waals surface area contributed by atoms with E-state index < -0.39 is 12.1 Å². The largest absolute Gasteiger partial charge is 0.481 e. The van der Waals surface area contributed by atoms with E-state index in [2.05, 4.69) is 5.32 Å². The van der Waals surface area contributed by atoms with E-state index in [9.17, 15) is 9.59 Å². The number of carbonyl (C=O) groups excluding carboxylic acids is 2. The number of thiophene rings is 1. The van der Waals surface area contributed by atoms with Crippen molar-refractivity contribution in [3.63, 3.8) is 0 Å². The minimum Gasteiger partial charge on any atom is -0.481 e. The number of benzene rings is 1. The van der Waals surface area contributed by atoms with Crippen LogP contribution in [0.2, 0.25) is 0 Å². The van der Waals surface area contributed by atoms with Crippen molar-refractivity contribution < 1.29 is 19.1 Å². The van der Waals surface area contributed by atoms with Gasteiger partial charge in [-0.25, -0.2) is 4.79 Å². The highest BCUT2D eigenvalue weighted by Crippen LogP contribution is 2.34. The Balaban J connectivity index is 2.24. The number of hydrogen-bond acceptors (Lipinski definition) is 5. The minimum absolute atomic E-state index is 0.226. The van der Waals surface area contributed by atoms with Gasteiger partial charge in [0.1, 0.15) is 10.8 Å². The maximum Gasteiger partial charge on any atom is 0.341 e. The van der Waals surface area contributed by atoms with Gasteiger partial charge >= 0.3 is 5.97 Å². The van der Waals surface area contributed by atoms with Crippen LogP contribution in [0.5, 0.6) is 5.75 Å². The zero-order valence-corrected chi connectivity index (χ0v) is 17.3. The van der Waals surface area contributed by atoms with Crippen LogP contribution >= 0.6 is 11.3 Å². The topological polar surface area (TPSA) is 64.6 Å². The molecule has 1 atom stereocenters. The molecule has 0 fully saturated rings. The van der Waals surface area contributed by atoms with Crippen LogP contribution in [-0.4, -0.2) is 24.1 Å². The molecule has 1 amide bonds. The predicted molar refractivity (Wildman–Crippen MR) is 109 cm³/mol. The van der Waals surface area contributed by atoms with Gasteiger partial charge in [0.05, 0.1) is 11.7 Å². The first kappa shape index (κ1) is 21.0. The third-order valence-corrected chi connectivity index (χ3v) is 5.09. The first-order chi connectivity index (χ1) is 12.9. The zero-order valence-electron chi connectivity index (χ0n) is 16.5. The van der Waals surface area contributed by atoms with Gasteiger partial charge in [-0.1, -0.05) is 32.0 Å². The van der Waals surface area contributed by atoms with Gasteiger partial charge in [-0.2, -0.15) is 0 Å². The molecule has 1 heterocycles. The number of amides is 1. The van der Waals surface area contributed by atoms with Crippen molar-refractivity contribution in [2.45, 2.75) is 59.7 Å². The maximum atomic E-state index is 12.8. The molecule has 1 aromatic carbocycles. The lowest BCUT2D eigenvalue weighted by molar-refractivity contribution is -0.122. The molecule has 0 saturated heterocycles. The average molecular weight is 390 g/mol. The molecular weight excluding hydrogens is 362 g/mol. The number of aryl methyl sites for hydroxylation is 1. The van der Waals surface area contributed by atoms with E-state index in [0.29, 0.717) is 29.2 Å². The number of esters is 1. The summed E-state index contributed by atoms with van der Waals surface area (Å²) in [5.74, 6) is -0.0436. The van der Waals surface area contributed by atoms with Crippen LogP contribution in [0.3, 0.4) is 0 Å². The van der Waals surface area contributed by atoms with Crippen LogP contribution in [0.15, 0.2) is 30.3 Å². The molecule has 0 aliphatic carbocycles. The molecule has 5 nitrogen and oxygen atoms in total. The Morgan fingerprint density at radius 2 is 1.81 bits per heavy atom. The molecule has 0 spiro atoms. The number of hydrogen-bond donors (Lipinski definition) is 1. The van der Waals surface area contributed by atoms with Crippen molar-refractivity contribution in [1.82, 2.24) is 0 Å². The standard InChI is InChI=1S/C21H27NO4S/c1-6-16-14(5)27-20(18(16)21(24)25-13(3)4)22-19(23)17(7-2)26-15-11-9-8-10-12-15/h8-13,17H,6-7H2,1-5H3,(H,22,23). The van der Waals surface area contributed by atoms with E-state index in [0.717, 1.165) is 10.4 Å². The summed E-state index contributed by atoms with van der Waals surface area (Å²) >= 11 is 1.40. The smallest absolute Gasteiger partial charge is 0.341 e. The highest BCUT2D eigenvalue weighted by atomic mass is 32.1. The molecule has 0 aliphatic rings. The highest BCUT2D eigenvalue weighted by molar-refractivity contribution is 7.16. The predicted octanol–water partition coefficient (Wildman–Crippen LogP) is 4.98. The Morgan fingerprint density at radius 3 is 2.37 bits per heavy atom. The van der Waals surface area contributed by atoms with Crippen LogP contribution in [0.1, 0.15) is 54.9 Å². The molecule has 1 N–H and O–H groups in total. The van der Waals surface area contributed by atoms with Crippen molar-refractivity contribution >= 4 is 28.2 Å². The molecule has 1 aromatic heterocycles. The van der Waals surface area contributed by atoms with Crippen LogP contribution in [0.4, 0.5) is 5.00 Å². The van der Waals surface area contributed by atoms with E-state index in [1.54, 1.807) is 0 Å². The summed E-state index contributed by atoms with van der Waals surface area (Å²) in [6.07, 6.45) is 0.334. The molecule has 27 heavy (non-hydrogen) atoms. The lowest BCUT2D eigenvalue weighted by Gasteiger charge is -2.17. The molecule has 1 unspecified atom stereocenters. The van der Waals surface area contributed by atoms with E-state index in [-0.39, 0.29) is 12.0 Å². The molecule has 0 aliphatic heterocycles. The SMILES string of the molecule is CCc1c(C)sc(NC(=O)C(CC)Oc2ccccc2)c1C(=O)OC(C)C.